The van der Waals surface area contributed by atoms with Crippen LogP contribution in [0.15, 0.2) is 0 Å². The fourth-order valence-electron chi connectivity index (χ4n) is 6.63. The van der Waals surface area contributed by atoms with Crippen LogP contribution in [0.5, 0.6) is 0 Å². The quantitative estimate of drug-likeness (QED) is 0.436. The molecule has 0 unspecified atom stereocenters. The van der Waals surface area contributed by atoms with Gasteiger partial charge in [-0.05, 0) is 69.1 Å². The van der Waals surface area contributed by atoms with Gasteiger partial charge in [0, 0.05) is 22.3 Å². The number of hydrogen-bond acceptors (Lipinski definition) is 6. The van der Waals surface area contributed by atoms with Gasteiger partial charge in [0.1, 0.15) is 5.78 Å². The lowest BCUT2D eigenvalue weighted by Crippen LogP contribution is -2.49. The number of halogens is 2. The first-order valence-corrected chi connectivity index (χ1v) is 15.4. The Labute approximate surface area is 197 Å². The molecule has 5 fully saturated rings. The Bertz CT molecular complexity index is 867. The highest BCUT2D eigenvalue weighted by Crippen LogP contribution is 2.60. The first-order chi connectivity index (χ1) is 15.2. The number of esters is 1. The molecule has 4 aliphatic carbocycles. The van der Waals surface area contributed by atoms with Crippen molar-refractivity contribution in [2.24, 2.45) is 28.6 Å². The summed E-state index contributed by atoms with van der Waals surface area (Å²) in [7, 11) is -8.19. The maximum atomic E-state index is 14.9. The Hall–Kier alpha value is -0.740. The van der Waals surface area contributed by atoms with Gasteiger partial charge in [0.2, 0.25) is 0 Å². The highest BCUT2D eigenvalue weighted by molar-refractivity contribution is 8.33. The molecule has 0 N–H and O–H groups in total. The molecule has 4 saturated carbocycles. The lowest BCUT2D eigenvalue weighted by molar-refractivity contribution is -0.171. The van der Waals surface area contributed by atoms with Crippen LogP contribution in [0.2, 0.25) is 0 Å². The highest BCUT2D eigenvalue weighted by atomic mass is 32.3. The monoisotopic (exact) mass is 510 g/mol. The molecule has 6 nitrogen and oxygen atoms in total. The van der Waals surface area contributed by atoms with E-state index in [4.69, 9.17) is 8.37 Å². The molecule has 0 aromatic heterocycles. The van der Waals surface area contributed by atoms with Crippen molar-refractivity contribution >= 4 is 32.2 Å². The molecule has 0 amide bonds. The Morgan fingerprint density at radius 1 is 0.970 bits per heavy atom. The molecule has 0 spiro atoms. The van der Waals surface area contributed by atoms with Gasteiger partial charge in [0.15, 0.2) is 0 Å². The predicted molar refractivity (Wildman–Crippen MR) is 122 cm³/mol. The smallest absolute Gasteiger partial charge is 0.460 e. The van der Waals surface area contributed by atoms with E-state index in [9.17, 15) is 26.8 Å². The number of carbonyl (C=O) groups is 2. The number of Topliss-reactive ketones (excluding diaryl/α,β-unsaturated/α-hetero) is 1. The number of rotatable bonds is 8. The van der Waals surface area contributed by atoms with Gasteiger partial charge >= 0.3 is 21.3 Å². The number of ketones is 1. The summed E-state index contributed by atoms with van der Waals surface area (Å²) in [6, 6.07) is 0. The van der Waals surface area contributed by atoms with Crippen LogP contribution in [0.3, 0.4) is 0 Å². The van der Waals surface area contributed by atoms with Crippen LogP contribution >= 0.6 is 10.3 Å². The standard InChI is InChI=1S/C23H36F2O6S2/c1-21(2,3)19(26)14-32(6-4-5-7-32)31-33(28,29)23(24,25)20(27)30-15-22-11-16-8-17(12-22)10-18(9-16)13-22/h16-18H,4-15H2,1-3H3. The molecule has 0 aromatic carbocycles. The van der Waals surface area contributed by atoms with E-state index in [1.807, 2.05) is 0 Å². The molecule has 10 heteroatoms. The van der Waals surface area contributed by atoms with E-state index >= 15 is 0 Å². The lowest BCUT2D eigenvalue weighted by atomic mass is 9.50. The third-order valence-corrected chi connectivity index (χ3v) is 13.5. The minimum absolute atomic E-state index is 0.166. The summed E-state index contributed by atoms with van der Waals surface area (Å²) in [5.74, 6) is -0.334. The lowest BCUT2D eigenvalue weighted by Gasteiger charge is -2.56. The molecule has 0 aromatic rings. The SMILES string of the molecule is CC(C)(C)C(=O)CS1(OS(=O)(=O)C(F)(F)C(=O)OCC23CC4CC(CC(C4)C2)C3)CCCC1. The molecule has 4 bridgehead atoms. The van der Waals surface area contributed by atoms with Gasteiger partial charge in [0.25, 0.3) is 0 Å². The molecule has 5 aliphatic rings. The minimum Gasteiger partial charge on any atom is -0.460 e. The average molecular weight is 511 g/mol. The van der Waals surface area contributed by atoms with Gasteiger partial charge in [-0.2, -0.15) is 17.2 Å². The molecule has 1 heterocycles. The van der Waals surface area contributed by atoms with E-state index in [1.165, 1.54) is 0 Å². The van der Waals surface area contributed by atoms with Crippen molar-refractivity contribution in [1.82, 2.24) is 0 Å². The molecule has 33 heavy (non-hydrogen) atoms. The van der Waals surface area contributed by atoms with Gasteiger partial charge in [-0.25, -0.2) is 8.42 Å². The first-order valence-electron chi connectivity index (χ1n) is 12.0. The molecule has 0 radical (unpaired) electrons. The van der Waals surface area contributed by atoms with E-state index in [1.54, 1.807) is 20.8 Å². The summed E-state index contributed by atoms with van der Waals surface area (Å²) in [4.78, 5) is 24.9. The fraction of sp³-hybridized carbons (Fsp3) is 0.913. The van der Waals surface area contributed by atoms with Crippen molar-refractivity contribution in [2.75, 3.05) is 23.9 Å². The maximum Gasteiger partial charge on any atom is 0.466 e. The number of alkyl halides is 2. The van der Waals surface area contributed by atoms with E-state index in [2.05, 4.69) is 0 Å². The van der Waals surface area contributed by atoms with Crippen molar-refractivity contribution in [3.63, 3.8) is 0 Å². The van der Waals surface area contributed by atoms with Crippen molar-refractivity contribution in [1.29, 1.82) is 0 Å². The van der Waals surface area contributed by atoms with Crippen LogP contribution in [0.4, 0.5) is 8.78 Å². The second kappa shape index (κ2) is 8.43. The summed E-state index contributed by atoms with van der Waals surface area (Å²) < 4.78 is 65.2. The zero-order valence-electron chi connectivity index (χ0n) is 19.7. The van der Waals surface area contributed by atoms with Crippen LogP contribution in [-0.4, -0.2) is 49.3 Å². The fourth-order valence-corrected chi connectivity index (χ4v) is 12.4. The largest absolute Gasteiger partial charge is 0.466 e. The van der Waals surface area contributed by atoms with Gasteiger partial charge in [-0.3, -0.25) is 4.79 Å². The van der Waals surface area contributed by atoms with Crippen molar-refractivity contribution < 1.29 is 35.2 Å². The van der Waals surface area contributed by atoms with Crippen LogP contribution in [0.1, 0.15) is 72.1 Å². The molecule has 0 atom stereocenters. The maximum absolute atomic E-state index is 14.9. The van der Waals surface area contributed by atoms with E-state index in [0.29, 0.717) is 30.6 Å². The molecule has 5 rings (SSSR count). The predicted octanol–water partition coefficient (Wildman–Crippen LogP) is 4.81. The van der Waals surface area contributed by atoms with Crippen molar-refractivity contribution in [3.8, 4) is 0 Å². The zero-order chi connectivity index (χ0) is 24.3. The molecular formula is C23H36F2O6S2. The zero-order valence-corrected chi connectivity index (χ0v) is 21.4. The van der Waals surface area contributed by atoms with Gasteiger partial charge in [-0.15, -0.1) is 10.3 Å². The topological polar surface area (TPSA) is 86.7 Å². The number of hydrogen-bond donors (Lipinski definition) is 0. The normalized spacial score (nSPS) is 34.3. The Morgan fingerprint density at radius 2 is 1.45 bits per heavy atom. The molecule has 1 aliphatic heterocycles. The van der Waals surface area contributed by atoms with Crippen molar-refractivity contribution in [2.45, 2.75) is 77.4 Å². The van der Waals surface area contributed by atoms with E-state index in [0.717, 1.165) is 38.5 Å². The van der Waals surface area contributed by atoms with Gasteiger partial charge in [-0.1, -0.05) is 20.8 Å². The van der Waals surface area contributed by atoms with E-state index < -0.39 is 37.1 Å². The van der Waals surface area contributed by atoms with Crippen molar-refractivity contribution in [3.05, 3.63) is 0 Å². The summed E-state index contributed by atoms with van der Waals surface area (Å²) in [6.07, 6.45) is 7.22. The summed E-state index contributed by atoms with van der Waals surface area (Å²) >= 11 is 0. The van der Waals surface area contributed by atoms with Gasteiger partial charge < -0.3 is 4.74 Å². The second-order valence-electron chi connectivity index (χ2n) is 11.9. The van der Waals surface area contributed by atoms with Crippen LogP contribution < -0.4 is 0 Å². The number of ether oxygens (including phenoxy) is 1. The van der Waals surface area contributed by atoms with Crippen LogP contribution in [0, 0.1) is 28.6 Å². The Balaban J connectivity index is 1.44. The van der Waals surface area contributed by atoms with E-state index in [-0.39, 0.29) is 35.1 Å². The second-order valence-corrected chi connectivity index (χ2v) is 16.9. The summed E-state index contributed by atoms with van der Waals surface area (Å²) in [6.45, 7) is 4.92. The van der Waals surface area contributed by atoms with Gasteiger partial charge in [0.05, 0.1) is 12.4 Å². The first kappa shape index (κ1) is 25.4. The highest BCUT2D eigenvalue weighted by Gasteiger charge is 2.59. The minimum atomic E-state index is -5.59. The summed E-state index contributed by atoms with van der Waals surface area (Å²) in [5, 5.41) is -4.80. The Kier molecular flexibility index (Phi) is 6.48. The van der Waals surface area contributed by atoms with Crippen LogP contribution in [0.25, 0.3) is 0 Å². The van der Waals surface area contributed by atoms with Crippen LogP contribution in [-0.2, 0) is 28.1 Å². The number of carbonyl (C=O) groups excluding carboxylic acids is 2. The average Bonchev–Trinajstić information content (AvgIpc) is 3.11. The Morgan fingerprint density at radius 3 is 1.91 bits per heavy atom. The third-order valence-electron chi connectivity index (χ3n) is 7.97. The molecular weight excluding hydrogens is 474 g/mol. The molecule has 190 valence electrons. The summed E-state index contributed by atoms with van der Waals surface area (Å²) in [5.41, 5.74) is -1.04. The molecule has 1 saturated heterocycles. The third kappa shape index (κ3) is 4.99.